The van der Waals surface area contributed by atoms with Crippen LogP contribution in [0, 0.1) is 5.41 Å². The molecule has 0 aliphatic rings. The lowest BCUT2D eigenvalue weighted by molar-refractivity contribution is 0.587. The Morgan fingerprint density at radius 3 is 2.61 bits per heavy atom. The minimum absolute atomic E-state index is 0.0744. The van der Waals surface area contributed by atoms with Crippen molar-refractivity contribution >= 4 is 22.3 Å². The van der Waals surface area contributed by atoms with Gasteiger partial charge in [0.1, 0.15) is 0 Å². The van der Waals surface area contributed by atoms with Gasteiger partial charge in [-0.15, -0.1) is 0 Å². The number of fused-ring (bicyclic) bond motifs is 1. The topological polar surface area (TPSA) is 37.3 Å². The van der Waals surface area contributed by atoms with Gasteiger partial charge in [-0.2, -0.15) is 5.10 Å². The molecule has 1 N–H and O–H groups in total. The Morgan fingerprint density at radius 2 is 1.89 bits per heavy atom. The summed E-state index contributed by atoms with van der Waals surface area (Å²) in [6.07, 6.45) is 1.80. The smallest absolute Gasteiger partial charge is 0.0951 e. The molecule has 18 heavy (non-hydrogen) atoms. The SMILES string of the molecule is C/C(=N/Nc1cccc2cccnc12)C(C)(C)C. The summed E-state index contributed by atoms with van der Waals surface area (Å²) in [5, 5.41) is 5.56. The van der Waals surface area contributed by atoms with Gasteiger partial charge in [-0.05, 0) is 19.1 Å². The summed E-state index contributed by atoms with van der Waals surface area (Å²) in [5.41, 5.74) is 6.15. The largest absolute Gasteiger partial charge is 0.276 e. The molecule has 0 saturated heterocycles. The number of hydrogen-bond donors (Lipinski definition) is 1. The van der Waals surface area contributed by atoms with E-state index in [1.165, 1.54) is 0 Å². The average Bonchev–Trinajstić information content (AvgIpc) is 2.34. The summed E-state index contributed by atoms with van der Waals surface area (Å²) >= 11 is 0. The molecule has 0 fully saturated rings. The van der Waals surface area contributed by atoms with Crippen molar-refractivity contribution in [2.24, 2.45) is 10.5 Å². The Labute approximate surface area is 108 Å². The first kappa shape index (κ1) is 12.6. The van der Waals surface area contributed by atoms with Crippen molar-refractivity contribution in [1.29, 1.82) is 0 Å². The number of hydrazone groups is 1. The molecule has 0 atom stereocenters. The molecule has 0 saturated carbocycles. The Balaban J connectivity index is 2.33. The quantitative estimate of drug-likeness (QED) is 0.635. The molecule has 3 heteroatoms. The Morgan fingerprint density at radius 1 is 1.17 bits per heavy atom. The summed E-state index contributed by atoms with van der Waals surface area (Å²) in [5.74, 6) is 0. The van der Waals surface area contributed by atoms with E-state index in [1.54, 1.807) is 6.20 Å². The molecule has 1 aromatic heterocycles. The van der Waals surface area contributed by atoms with E-state index in [-0.39, 0.29) is 5.41 Å². The van der Waals surface area contributed by atoms with Crippen molar-refractivity contribution in [1.82, 2.24) is 4.98 Å². The normalized spacial score (nSPS) is 12.8. The van der Waals surface area contributed by atoms with Crippen LogP contribution in [0.4, 0.5) is 5.69 Å². The van der Waals surface area contributed by atoms with Gasteiger partial charge in [0, 0.05) is 22.7 Å². The van der Waals surface area contributed by atoms with Crippen LogP contribution >= 0.6 is 0 Å². The highest BCUT2D eigenvalue weighted by molar-refractivity contribution is 5.92. The van der Waals surface area contributed by atoms with Crippen molar-refractivity contribution in [2.75, 3.05) is 5.43 Å². The summed E-state index contributed by atoms with van der Waals surface area (Å²) in [6, 6.07) is 10.0. The number of nitrogens with one attached hydrogen (secondary N) is 1. The molecular formula is C15H19N3. The predicted octanol–water partition coefficient (Wildman–Crippen LogP) is 4.07. The van der Waals surface area contributed by atoms with Crippen LogP contribution in [0.3, 0.4) is 0 Å². The fraction of sp³-hybridized carbons (Fsp3) is 0.333. The Hall–Kier alpha value is -1.90. The third-order valence-electron chi connectivity index (χ3n) is 3.06. The second kappa shape index (κ2) is 4.77. The third kappa shape index (κ3) is 2.67. The van der Waals surface area contributed by atoms with Crippen LogP contribution in [0.2, 0.25) is 0 Å². The monoisotopic (exact) mass is 241 g/mol. The lowest BCUT2D eigenvalue weighted by atomic mass is 9.91. The third-order valence-corrected chi connectivity index (χ3v) is 3.06. The zero-order valence-electron chi connectivity index (χ0n) is 11.4. The van der Waals surface area contributed by atoms with Crippen LogP contribution in [0.1, 0.15) is 27.7 Å². The molecule has 0 aliphatic carbocycles. The summed E-state index contributed by atoms with van der Waals surface area (Å²) in [4.78, 5) is 4.39. The molecule has 3 nitrogen and oxygen atoms in total. The van der Waals surface area contributed by atoms with E-state index >= 15 is 0 Å². The van der Waals surface area contributed by atoms with E-state index < -0.39 is 0 Å². The molecule has 2 rings (SSSR count). The van der Waals surface area contributed by atoms with Crippen LogP contribution in [-0.4, -0.2) is 10.7 Å². The minimum Gasteiger partial charge on any atom is -0.276 e. The fourth-order valence-corrected chi connectivity index (χ4v) is 1.51. The lowest BCUT2D eigenvalue weighted by Crippen LogP contribution is -2.18. The number of anilines is 1. The van der Waals surface area contributed by atoms with E-state index in [0.29, 0.717) is 0 Å². The lowest BCUT2D eigenvalue weighted by Gasteiger charge is -2.18. The van der Waals surface area contributed by atoms with Crippen molar-refractivity contribution in [3.8, 4) is 0 Å². The molecule has 2 aromatic rings. The van der Waals surface area contributed by atoms with Gasteiger partial charge >= 0.3 is 0 Å². The predicted molar refractivity (Wildman–Crippen MR) is 77.9 cm³/mol. The standard InChI is InChI=1S/C15H19N3/c1-11(15(2,3)4)17-18-13-9-5-7-12-8-6-10-16-14(12)13/h5-10,18H,1-4H3/b17-11-. The molecule has 0 bridgehead atoms. The molecule has 1 aromatic carbocycles. The van der Waals surface area contributed by atoms with Gasteiger partial charge in [0.15, 0.2) is 0 Å². The summed E-state index contributed by atoms with van der Waals surface area (Å²) < 4.78 is 0. The minimum atomic E-state index is 0.0744. The van der Waals surface area contributed by atoms with E-state index in [4.69, 9.17) is 0 Å². The zero-order chi connectivity index (χ0) is 13.2. The highest BCUT2D eigenvalue weighted by atomic mass is 15.3. The molecule has 0 spiro atoms. The van der Waals surface area contributed by atoms with Gasteiger partial charge in [-0.3, -0.25) is 10.4 Å². The fourth-order valence-electron chi connectivity index (χ4n) is 1.51. The zero-order valence-corrected chi connectivity index (χ0v) is 11.4. The number of aromatic nitrogens is 1. The molecule has 1 heterocycles. The maximum absolute atomic E-state index is 4.44. The molecule has 0 unspecified atom stereocenters. The highest BCUT2D eigenvalue weighted by Gasteiger charge is 2.14. The molecular weight excluding hydrogens is 222 g/mol. The molecule has 0 aliphatic heterocycles. The second-order valence-electron chi connectivity index (χ2n) is 5.44. The molecule has 94 valence electrons. The van der Waals surface area contributed by atoms with E-state index in [2.05, 4.69) is 36.3 Å². The van der Waals surface area contributed by atoms with Crippen molar-refractivity contribution in [3.63, 3.8) is 0 Å². The van der Waals surface area contributed by atoms with Gasteiger partial charge in [0.05, 0.1) is 11.2 Å². The van der Waals surface area contributed by atoms with Crippen LogP contribution in [0.15, 0.2) is 41.6 Å². The van der Waals surface area contributed by atoms with Gasteiger partial charge < -0.3 is 0 Å². The molecule has 0 radical (unpaired) electrons. The first-order valence-corrected chi connectivity index (χ1v) is 6.13. The van der Waals surface area contributed by atoms with Crippen molar-refractivity contribution in [3.05, 3.63) is 36.5 Å². The van der Waals surface area contributed by atoms with E-state index in [1.807, 2.05) is 37.3 Å². The number of rotatable bonds is 2. The van der Waals surface area contributed by atoms with E-state index in [9.17, 15) is 0 Å². The number of benzene rings is 1. The number of nitrogens with zero attached hydrogens (tertiary/aromatic N) is 2. The highest BCUT2D eigenvalue weighted by Crippen LogP contribution is 2.21. The van der Waals surface area contributed by atoms with Gasteiger partial charge in [-0.25, -0.2) is 0 Å². The summed E-state index contributed by atoms with van der Waals surface area (Å²) in [6.45, 7) is 8.48. The van der Waals surface area contributed by atoms with Crippen molar-refractivity contribution in [2.45, 2.75) is 27.7 Å². The number of para-hydroxylation sites is 1. The molecule has 0 amide bonds. The average molecular weight is 241 g/mol. The first-order valence-electron chi connectivity index (χ1n) is 6.13. The van der Waals surface area contributed by atoms with Gasteiger partial charge in [0.25, 0.3) is 0 Å². The van der Waals surface area contributed by atoms with Crippen LogP contribution in [0.5, 0.6) is 0 Å². The Kier molecular flexibility index (Phi) is 3.32. The van der Waals surface area contributed by atoms with Crippen LogP contribution in [-0.2, 0) is 0 Å². The van der Waals surface area contributed by atoms with Gasteiger partial charge in [-0.1, -0.05) is 39.0 Å². The van der Waals surface area contributed by atoms with Gasteiger partial charge in [0.2, 0.25) is 0 Å². The van der Waals surface area contributed by atoms with Crippen LogP contribution < -0.4 is 5.43 Å². The first-order chi connectivity index (χ1) is 8.48. The Bertz CT molecular complexity index is 574. The maximum Gasteiger partial charge on any atom is 0.0951 e. The number of hydrogen-bond acceptors (Lipinski definition) is 3. The van der Waals surface area contributed by atoms with Crippen LogP contribution in [0.25, 0.3) is 10.9 Å². The maximum atomic E-state index is 4.44. The summed E-state index contributed by atoms with van der Waals surface area (Å²) in [7, 11) is 0. The van der Waals surface area contributed by atoms with Crippen molar-refractivity contribution < 1.29 is 0 Å². The van der Waals surface area contributed by atoms with E-state index in [0.717, 1.165) is 22.3 Å². The number of pyridine rings is 1. The second-order valence-corrected chi connectivity index (χ2v) is 5.44.